The lowest BCUT2D eigenvalue weighted by Crippen LogP contribution is -2.45. The third-order valence-electron chi connectivity index (χ3n) is 3.67. The fourth-order valence-electron chi connectivity index (χ4n) is 2.32. The molecule has 0 bridgehead atoms. The standard InChI is InChI=1S/C17H18N2O5/c1-11(19-17(21)13-5-7-22-9-13)16(20)18-6-4-12-2-3-14-15(8-12)24-10-23-14/h2-3,5,7-9,11H,4,6,10H2,1H3,(H,18,20)(H,19,21). The van der Waals surface area contributed by atoms with E-state index >= 15 is 0 Å². The molecule has 0 fully saturated rings. The molecule has 24 heavy (non-hydrogen) atoms. The number of rotatable bonds is 6. The van der Waals surface area contributed by atoms with Crippen LogP contribution in [0.25, 0.3) is 0 Å². The lowest BCUT2D eigenvalue weighted by atomic mass is 10.1. The fraction of sp³-hybridized carbons (Fsp3) is 0.294. The largest absolute Gasteiger partial charge is 0.472 e. The van der Waals surface area contributed by atoms with Crippen LogP contribution in [0.1, 0.15) is 22.8 Å². The third kappa shape index (κ3) is 3.68. The number of ether oxygens (including phenoxy) is 2. The summed E-state index contributed by atoms with van der Waals surface area (Å²) in [4.78, 5) is 23.9. The number of carbonyl (C=O) groups excluding carboxylic acids is 2. The normalized spacial score (nSPS) is 13.4. The summed E-state index contributed by atoms with van der Waals surface area (Å²) < 4.78 is 15.4. The molecule has 1 atom stereocenters. The molecule has 0 radical (unpaired) electrons. The van der Waals surface area contributed by atoms with Gasteiger partial charge in [0.2, 0.25) is 12.7 Å². The summed E-state index contributed by atoms with van der Waals surface area (Å²) in [5.41, 5.74) is 1.42. The molecule has 1 unspecified atom stereocenters. The molecular weight excluding hydrogens is 312 g/mol. The molecule has 1 aliphatic rings. The number of hydrogen-bond acceptors (Lipinski definition) is 5. The minimum absolute atomic E-state index is 0.239. The zero-order valence-electron chi connectivity index (χ0n) is 13.2. The van der Waals surface area contributed by atoms with Gasteiger partial charge in [0, 0.05) is 6.54 Å². The van der Waals surface area contributed by atoms with Crippen LogP contribution in [0.2, 0.25) is 0 Å². The molecule has 1 aromatic heterocycles. The highest BCUT2D eigenvalue weighted by molar-refractivity contribution is 5.97. The van der Waals surface area contributed by atoms with Crippen LogP contribution in [0.15, 0.2) is 41.2 Å². The van der Waals surface area contributed by atoms with E-state index in [4.69, 9.17) is 13.9 Å². The first kappa shape index (κ1) is 15.9. The summed E-state index contributed by atoms with van der Waals surface area (Å²) in [5.74, 6) is 0.868. The SMILES string of the molecule is CC(NC(=O)c1ccoc1)C(=O)NCCc1ccc2c(c1)OCO2. The van der Waals surface area contributed by atoms with E-state index in [1.54, 1.807) is 13.0 Å². The van der Waals surface area contributed by atoms with Gasteiger partial charge in [0.25, 0.3) is 5.91 Å². The minimum Gasteiger partial charge on any atom is -0.472 e. The van der Waals surface area contributed by atoms with Crippen molar-refractivity contribution < 1.29 is 23.5 Å². The Labute approximate surface area is 138 Å². The van der Waals surface area contributed by atoms with Crippen molar-refractivity contribution in [1.29, 1.82) is 0 Å². The Morgan fingerprint density at radius 1 is 1.21 bits per heavy atom. The van der Waals surface area contributed by atoms with E-state index in [0.717, 1.165) is 17.1 Å². The van der Waals surface area contributed by atoms with Gasteiger partial charge >= 0.3 is 0 Å². The van der Waals surface area contributed by atoms with E-state index in [1.165, 1.54) is 12.5 Å². The van der Waals surface area contributed by atoms with E-state index < -0.39 is 6.04 Å². The van der Waals surface area contributed by atoms with E-state index in [9.17, 15) is 9.59 Å². The van der Waals surface area contributed by atoms with Gasteiger partial charge in [0.15, 0.2) is 11.5 Å². The molecule has 2 heterocycles. The topological polar surface area (TPSA) is 89.8 Å². The van der Waals surface area contributed by atoms with Crippen LogP contribution in [0.3, 0.4) is 0 Å². The highest BCUT2D eigenvalue weighted by Gasteiger charge is 2.17. The van der Waals surface area contributed by atoms with Gasteiger partial charge in [-0.15, -0.1) is 0 Å². The van der Waals surface area contributed by atoms with Crippen molar-refractivity contribution in [2.24, 2.45) is 0 Å². The summed E-state index contributed by atoms with van der Waals surface area (Å²) in [6, 6.07) is 6.60. The number of hydrogen-bond donors (Lipinski definition) is 2. The number of fused-ring (bicyclic) bond motifs is 1. The minimum atomic E-state index is -0.635. The first-order chi connectivity index (χ1) is 11.6. The van der Waals surface area contributed by atoms with Gasteiger partial charge in [-0.25, -0.2) is 0 Å². The smallest absolute Gasteiger partial charge is 0.255 e. The first-order valence-corrected chi connectivity index (χ1v) is 7.63. The molecule has 0 saturated heterocycles. The van der Waals surface area contributed by atoms with Crippen LogP contribution < -0.4 is 20.1 Å². The van der Waals surface area contributed by atoms with Gasteiger partial charge in [0.1, 0.15) is 12.3 Å². The summed E-state index contributed by atoms with van der Waals surface area (Å²) in [6.45, 7) is 2.34. The van der Waals surface area contributed by atoms with Crippen LogP contribution in [0.4, 0.5) is 0 Å². The summed E-state index contributed by atoms with van der Waals surface area (Å²) in [5, 5.41) is 5.42. The zero-order valence-corrected chi connectivity index (χ0v) is 13.2. The van der Waals surface area contributed by atoms with Crippen LogP contribution in [0.5, 0.6) is 11.5 Å². The van der Waals surface area contributed by atoms with Crippen molar-refractivity contribution in [2.75, 3.05) is 13.3 Å². The Morgan fingerprint density at radius 2 is 2.04 bits per heavy atom. The van der Waals surface area contributed by atoms with Crippen molar-refractivity contribution in [2.45, 2.75) is 19.4 Å². The van der Waals surface area contributed by atoms with E-state index in [1.807, 2.05) is 18.2 Å². The molecule has 0 saturated carbocycles. The second kappa shape index (κ2) is 7.08. The Balaban J connectivity index is 1.44. The second-order valence-electron chi connectivity index (χ2n) is 5.44. The third-order valence-corrected chi connectivity index (χ3v) is 3.67. The number of carbonyl (C=O) groups is 2. The Hall–Kier alpha value is -2.96. The Kier molecular flexibility index (Phi) is 4.69. The summed E-state index contributed by atoms with van der Waals surface area (Å²) in [7, 11) is 0. The van der Waals surface area contributed by atoms with Crippen molar-refractivity contribution in [1.82, 2.24) is 10.6 Å². The van der Waals surface area contributed by atoms with Crippen molar-refractivity contribution >= 4 is 11.8 Å². The van der Waals surface area contributed by atoms with Crippen LogP contribution in [0, 0.1) is 0 Å². The van der Waals surface area contributed by atoms with Gasteiger partial charge < -0.3 is 24.5 Å². The molecule has 1 aromatic carbocycles. The predicted molar refractivity (Wildman–Crippen MR) is 84.9 cm³/mol. The molecule has 0 spiro atoms. The molecule has 2 amide bonds. The van der Waals surface area contributed by atoms with Crippen LogP contribution >= 0.6 is 0 Å². The summed E-state index contributed by atoms with van der Waals surface area (Å²) in [6.07, 6.45) is 3.40. The maximum Gasteiger partial charge on any atom is 0.255 e. The van der Waals surface area contributed by atoms with Crippen molar-refractivity contribution in [3.05, 3.63) is 47.9 Å². The number of amides is 2. The molecule has 2 N–H and O–H groups in total. The molecule has 3 rings (SSSR count). The van der Waals surface area contributed by atoms with E-state index in [-0.39, 0.29) is 18.6 Å². The van der Waals surface area contributed by atoms with Crippen LogP contribution in [-0.2, 0) is 11.2 Å². The average Bonchev–Trinajstić information content (AvgIpc) is 3.25. The Morgan fingerprint density at radius 3 is 2.83 bits per heavy atom. The fourth-order valence-corrected chi connectivity index (χ4v) is 2.32. The first-order valence-electron chi connectivity index (χ1n) is 7.63. The van der Waals surface area contributed by atoms with Gasteiger partial charge in [0.05, 0.1) is 11.8 Å². The number of furan rings is 1. The second-order valence-corrected chi connectivity index (χ2v) is 5.44. The maximum absolute atomic E-state index is 12.0. The lowest BCUT2D eigenvalue weighted by Gasteiger charge is -2.13. The average molecular weight is 330 g/mol. The van der Waals surface area contributed by atoms with Gasteiger partial charge in [-0.1, -0.05) is 6.07 Å². The maximum atomic E-state index is 12.0. The van der Waals surface area contributed by atoms with Crippen LogP contribution in [-0.4, -0.2) is 31.2 Å². The van der Waals surface area contributed by atoms with E-state index in [0.29, 0.717) is 18.5 Å². The molecule has 7 heteroatoms. The number of benzene rings is 1. The van der Waals surface area contributed by atoms with Gasteiger partial charge in [-0.2, -0.15) is 0 Å². The molecule has 2 aromatic rings. The van der Waals surface area contributed by atoms with Crippen molar-refractivity contribution in [3.8, 4) is 11.5 Å². The highest BCUT2D eigenvalue weighted by Crippen LogP contribution is 2.32. The lowest BCUT2D eigenvalue weighted by molar-refractivity contribution is -0.122. The van der Waals surface area contributed by atoms with Gasteiger partial charge in [-0.05, 0) is 37.1 Å². The Bertz CT molecular complexity index is 727. The van der Waals surface area contributed by atoms with E-state index in [2.05, 4.69) is 10.6 Å². The quantitative estimate of drug-likeness (QED) is 0.837. The summed E-state index contributed by atoms with van der Waals surface area (Å²) >= 11 is 0. The zero-order chi connectivity index (χ0) is 16.9. The van der Waals surface area contributed by atoms with Gasteiger partial charge in [-0.3, -0.25) is 9.59 Å². The predicted octanol–water partition coefficient (Wildman–Crippen LogP) is 1.49. The molecule has 7 nitrogen and oxygen atoms in total. The highest BCUT2D eigenvalue weighted by atomic mass is 16.7. The molecule has 1 aliphatic heterocycles. The molecule has 126 valence electrons. The number of nitrogens with one attached hydrogen (secondary N) is 2. The monoisotopic (exact) mass is 330 g/mol. The van der Waals surface area contributed by atoms with Crippen molar-refractivity contribution in [3.63, 3.8) is 0 Å². The molecule has 0 aliphatic carbocycles. The molecular formula is C17H18N2O5.